The number of aromatic nitrogens is 1. The molecule has 1 aromatic rings. The maximum absolute atomic E-state index is 12.1. The van der Waals surface area contributed by atoms with Crippen LogP contribution in [0.2, 0.25) is 0 Å². The molecule has 0 saturated carbocycles. The summed E-state index contributed by atoms with van der Waals surface area (Å²) in [7, 11) is 3.77. The minimum atomic E-state index is -0.0880. The van der Waals surface area contributed by atoms with Gasteiger partial charge in [0.2, 0.25) is 0 Å². The fraction of sp³-hybridized carbons (Fsp3) is 0.636. The molecule has 0 spiro atoms. The lowest BCUT2D eigenvalue weighted by Crippen LogP contribution is -2.37. The van der Waals surface area contributed by atoms with E-state index < -0.39 is 0 Å². The topological polar surface area (TPSA) is 71.2 Å². The van der Waals surface area contributed by atoms with Gasteiger partial charge in [-0.15, -0.1) is 0 Å². The molecule has 0 aromatic carbocycles. The van der Waals surface area contributed by atoms with Crippen LogP contribution in [0.1, 0.15) is 22.5 Å². The first-order valence-electron chi connectivity index (χ1n) is 5.90. The zero-order valence-corrected chi connectivity index (χ0v) is 12.2. The molecule has 1 aliphatic heterocycles. The van der Waals surface area contributed by atoms with E-state index in [0.29, 0.717) is 10.7 Å². The Morgan fingerprint density at radius 1 is 1.44 bits per heavy atom. The van der Waals surface area contributed by atoms with Crippen molar-refractivity contribution in [2.75, 3.05) is 36.2 Å². The largest absolute Gasteiger partial charge is 0.382 e. The molecule has 0 aliphatic carbocycles. The number of thiazole rings is 1. The van der Waals surface area contributed by atoms with Gasteiger partial charge in [-0.2, -0.15) is 11.8 Å². The minimum Gasteiger partial charge on any atom is -0.382 e. The summed E-state index contributed by atoms with van der Waals surface area (Å²) in [5.41, 5.74) is 5.79. The highest BCUT2D eigenvalue weighted by Gasteiger charge is 2.21. The van der Waals surface area contributed by atoms with Gasteiger partial charge in [0.05, 0.1) is 0 Å². The minimum absolute atomic E-state index is 0.0880. The van der Waals surface area contributed by atoms with Crippen LogP contribution < -0.4 is 16.0 Å². The number of nitrogen functional groups attached to an aromatic ring is 1. The molecular formula is C11H18N4OS2. The molecule has 1 saturated heterocycles. The molecule has 18 heavy (non-hydrogen) atoms. The van der Waals surface area contributed by atoms with E-state index in [-0.39, 0.29) is 11.9 Å². The Morgan fingerprint density at radius 2 is 2.11 bits per heavy atom. The monoisotopic (exact) mass is 286 g/mol. The fourth-order valence-corrected chi connectivity index (χ4v) is 3.68. The van der Waals surface area contributed by atoms with Crippen LogP contribution in [0.4, 0.5) is 10.9 Å². The number of nitrogens with zero attached hydrogens (tertiary/aromatic N) is 2. The number of carbonyl (C=O) groups is 1. The van der Waals surface area contributed by atoms with Gasteiger partial charge in [0, 0.05) is 20.1 Å². The molecule has 0 radical (unpaired) electrons. The van der Waals surface area contributed by atoms with Crippen molar-refractivity contribution in [2.24, 2.45) is 0 Å². The van der Waals surface area contributed by atoms with Crippen molar-refractivity contribution in [3.63, 3.8) is 0 Å². The highest BCUT2D eigenvalue weighted by Crippen LogP contribution is 2.27. The summed E-state index contributed by atoms with van der Waals surface area (Å²) in [6, 6.07) is 0.281. The smallest absolute Gasteiger partial charge is 0.265 e. The second-order valence-corrected chi connectivity index (χ2v) is 6.67. The lowest BCUT2D eigenvalue weighted by atomic mass is 10.1. The Bertz CT molecular complexity index is 427. The molecule has 3 N–H and O–H groups in total. The summed E-state index contributed by atoms with van der Waals surface area (Å²) in [6.45, 7) is 0. The van der Waals surface area contributed by atoms with Gasteiger partial charge in [0.15, 0.2) is 5.13 Å². The number of amides is 1. The first-order valence-corrected chi connectivity index (χ1v) is 7.87. The number of hydrogen-bond donors (Lipinski definition) is 2. The zero-order chi connectivity index (χ0) is 13.1. The molecule has 0 bridgehead atoms. The second kappa shape index (κ2) is 5.79. The van der Waals surface area contributed by atoms with Gasteiger partial charge in [0.1, 0.15) is 10.7 Å². The fourth-order valence-electron chi connectivity index (χ4n) is 1.77. The second-order valence-electron chi connectivity index (χ2n) is 4.47. The number of anilines is 2. The van der Waals surface area contributed by atoms with Crippen LogP contribution in [0, 0.1) is 0 Å². The number of thioether (sulfide) groups is 1. The van der Waals surface area contributed by atoms with Gasteiger partial charge < -0.3 is 16.0 Å². The molecule has 1 fully saturated rings. The highest BCUT2D eigenvalue weighted by molar-refractivity contribution is 7.99. The van der Waals surface area contributed by atoms with Crippen molar-refractivity contribution >= 4 is 40.0 Å². The Morgan fingerprint density at radius 3 is 2.67 bits per heavy atom. The molecule has 1 amide bonds. The Hall–Kier alpha value is -0.950. The van der Waals surface area contributed by atoms with Crippen LogP contribution in [-0.4, -0.2) is 42.5 Å². The van der Waals surface area contributed by atoms with Crippen molar-refractivity contribution in [1.29, 1.82) is 0 Å². The zero-order valence-electron chi connectivity index (χ0n) is 10.6. The molecule has 2 heterocycles. The molecule has 100 valence electrons. The molecule has 1 aromatic heterocycles. The van der Waals surface area contributed by atoms with Crippen LogP contribution in [-0.2, 0) is 0 Å². The highest BCUT2D eigenvalue weighted by atomic mass is 32.2. The lowest BCUT2D eigenvalue weighted by Gasteiger charge is -2.22. The van der Waals surface area contributed by atoms with E-state index in [0.717, 1.165) is 29.5 Å². The maximum Gasteiger partial charge on any atom is 0.265 e. The van der Waals surface area contributed by atoms with Crippen molar-refractivity contribution < 1.29 is 4.79 Å². The molecule has 0 atom stereocenters. The van der Waals surface area contributed by atoms with Crippen molar-refractivity contribution in [2.45, 2.75) is 18.9 Å². The number of rotatable bonds is 3. The van der Waals surface area contributed by atoms with E-state index in [9.17, 15) is 4.79 Å². The van der Waals surface area contributed by atoms with E-state index in [4.69, 9.17) is 5.73 Å². The van der Waals surface area contributed by atoms with E-state index >= 15 is 0 Å². The number of carbonyl (C=O) groups excluding carboxylic acids is 1. The molecule has 0 unspecified atom stereocenters. The van der Waals surface area contributed by atoms with Gasteiger partial charge in [-0.1, -0.05) is 11.3 Å². The molecule has 1 aliphatic rings. The molecular weight excluding hydrogens is 268 g/mol. The standard InChI is InChI=1S/C11H18N4OS2/c1-15(2)11-14-9(12)8(18-11)10(16)13-7-3-5-17-6-4-7/h7H,3-6,12H2,1-2H3,(H,13,16). The predicted molar refractivity (Wildman–Crippen MR) is 78.7 cm³/mol. The first-order chi connectivity index (χ1) is 8.58. The number of hydrogen-bond acceptors (Lipinski definition) is 6. The normalized spacial score (nSPS) is 16.6. The van der Waals surface area contributed by atoms with E-state index in [1.807, 2.05) is 30.8 Å². The molecule has 7 heteroatoms. The Labute approximate surface area is 115 Å². The summed E-state index contributed by atoms with van der Waals surface area (Å²) in [5, 5.41) is 3.81. The lowest BCUT2D eigenvalue weighted by molar-refractivity contribution is 0.0939. The molecule has 5 nitrogen and oxygen atoms in total. The van der Waals surface area contributed by atoms with Gasteiger partial charge in [0.25, 0.3) is 5.91 Å². The predicted octanol–water partition coefficient (Wildman–Crippen LogP) is 1.42. The summed E-state index contributed by atoms with van der Waals surface area (Å²) in [4.78, 5) is 18.7. The van der Waals surface area contributed by atoms with Gasteiger partial charge in [-0.3, -0.25) is 4.79 Å². The Balaban J connectivity index is 2.03. The Kier molecular flexibility index (Phi) is 4.34. The van der Waals surface area contributed by atoms with Gasteiger partial charge in [-0.05, 0) is 24.3 Å². The summed E-state index contributed by atoms with van der Waals surface area (Å²) in [6.07, 6.45) is 2.07. The van der Waals surface area contributed by atoms with E-state index in [2.05, 4.69) is 10.3 Å². The maximum atomic E-state index is 12.1. The van der Waals surface area contributed by atoms with E-state index in [1.165, 1.54) is 11.3 Å². The SMILES string of the molecule is CN(C)c1nc(N)c(C(=O)NC2CCSCC2)s1. The van der Waals surface area contributed by atoms with Crippen LogP contribution in [0.3, 0.4) is 0 Å². The third kappa shape index (κ3) is 3.08. The average molecular weight is 286 g/mol. The summed E-state index contributed by atoms with van der Waals surface area (Å²) >= 11 is 3.28. The van der Waals surface area contributed by atoms with Gasteiger partial charge in [-0.25, -0.2) is 4.98 Å². The van der Waals surface area contributed by atoms with E-state index in [1.54, 1.807) is 0 Å². The van der Waals surface area contributed by atoms with Crippen LogP contribution in [0.25, 0.3) is 0 Å². The van der Waals surface area contributed by atoms with Crippen molar-refractivity contribution in [3.05, 3.63) is 4.88 Å². The van der Waals surface area contributed by atoms with Crippen LogP contribution >= 0.6 is 23.1 Å². The van der Waals surface area contributed by atoms with Crippen molar-refractivity contribution in [3.8, 4) is 0 Å². The number of nitrogens with one attached hydrogen (secondary N) is 1. The van der Waals surface area contributed by atoms with Gasteiger partial charge >= 0.3 is 0 Å². The van der Waals surface area contributed by atoms with Crippen molar-refractivity contribution in [1.82, 2.24) is 10.3 Å². The molecule has 2 rings (SSSR count). The number of nitrogens with two attached hydrogens (primary N) is 1. The average Bonchev–Trinajstić information content (AvgIpc) is 2.73. The first kappa shape index (κ1) is 13.5. The quantitative estimate of drug-likeness (QED) is 0.879. The third-order valence-electron chi connectivity index (χ3n) is 2.79. The summed E-state index contributed by atoms with van der Waals surface area (Å²) in [5.74, 6) is 2.47. The van der Waals surface area contributed by atoms with Crippen LogP contribution in [0.5, 0.6) is 0 Å². The van der Waals surface area contributed by atoms with Crippen LogP contribution in [0.15, 0.2) is 0 Å². The summed E-state index contributed by atoms with van der Waals surface area (Å²) < 4.78 is 0. The third-order valence-corrected chi connectivity index (χ3v) is 5.07.